The molecule has 2 aliphatic heterocycles. The van der Waals surface area contributed by atoms with E-state index in [1.54, 1.807) is 4.90 Å². The smallest absolute Gasteiger partial charge is 0.271 e. The second kappa shape index (κ2) is 10.7. The zero-order valence-electron chi connectivity index (χ0n) is 19.4. The Balaban J connectivity index is 1.64. The zero-order chi connectivity index (χ0) is 25.1. The number of aromatic nitrogens is 1. The largest absolute Gasteiger partial charge is 0.378 e. The predicted molar refractivity (Wildman–Crippen MR) is 127 cm³/mol. The maximum absolute atomic E-state index is 13.6. The van der Waals surface area contributed by atoms with Gasteiger partial charge in [-0.05, 0) is 35.6 Å². The van der Waals surface area contributed by atoms with Crippen LogP contribution in [0.25, 0.3) is 0 Å². The Kier molecular flexibility index (Phi) is 7.86. The van der Waals surface area contributed by atoms with Gasteiger partial charge in [0.2, 0.25) is 5.91 Å². The van der Waals surface area contributed by atoms with E-state index in [0.717, 1.165) is 12.7 Å². The molecule has 0 spiro atoms. The number of pyridine rings is 1. The monoisotopic (exact) mass is 523 g/mol. The Bertz CT molecular complexity index is 1250. The molecule has 35 heavy (non-hydrogen) atoms. The van der Waals surface area contributed by atoms with Crippen LogP contribution >= 0.6 is 0 Å². The molecule has 0 aliphatic carbocycles. The minimum absolute atomic E-state index is 0.0319. The number of ether oxygens (including phenoxy) is 1. The van der Waals surface area contributed by atoms with Gasteiger partial charge in [-0.1, -0.05) is 30.3 Å². The molecule has 10 nitrogen and oxygen atoms in total. The first kappa shape index (κ1) is 25.7. The standard InChI is InChI=1S/C23H29N3O7S2/c1-32-34(28,29)17-18-7-8-24-22(13-18)35(30,31)26-15-20(19-5-3-2-4-6-19)14-21(16-26)23(27)25-9-11-33-12-10-25/h2-8,13,20-21H,9-12,14-17H2,1H3. The lowest BCUT2D eigenvalue weighted by Gasteiger charge is -2.39. The lowest BCUT2D eigenvalue weighted by atomic mass is 9.85. The highest BCUT2D eigenvalue weighted by molar-refractivity contribution is 7.89. The third-order valence-electron chi connectivity index (χ3n) is 6.36. The molecule has 0 N–H and O–H groups in total. The average Bonchev–Trinajstić information content (AvgIpc) is 2.89. The Morgan fingerprint density at radius 3 is 2.49 bits per heavy atom. The minimum atomic E-state index is -4.09. The third kappa shape index (κ3) is 6.07. The molecule has 2 aromatic rings. The summed E-state index contributed by atoms with van der Waals surface area (Å²) in [5.74, 6) is -1.24. The summed E-state index contributed by atoms with van der Waals surface area (Å²) in [6, 6.07) is 12.2. The summed E-state index contributed by atoms with van der Waals surface area (Å²) >= 11 is 0. The van der Waals surface area contributed by atoms with Gasteiger partial charge in [-0.15, -0.1) is 0 Å². The number of hydrogen-bond donors (Lipinski definition) is 0. The van der Waals surface area contributed by atoms with Gasteiger partial charge < -0.3 is 9.64 Å². The molecular weight excluding hydrogens is 494 g/mol. The molecule has 3 heterocycles. The van der Waals surface area contributed by atoms with E-state index >= 15 is 0 Å². The van der Waals surface area contributed by atoms with Crippen molar-refractivity contribution >= 4 is 26.0 Å². The summed E-state index contributed by atoms with van der Waals surface area (Å²) < 4.78 is 62.1. The van der Waals surface area contributed by atoms with E-state index in [1.807, 2.05) is 30.3 Å². The van der Waals surface area contributed by atoms with Gasteiger partial charge in [-0.25, -0.2) is 13.4 Å². The van der Waals surface area contributed by atoms with Crippen LogP contribution in [0.1, 0.15) is 23.5 Å². The fourth-order valence-electron chi connectivity index (χ4n) is 4.52. The molecule has 0 radical (unpaired) electrons. The van der Waals surface area contributed by atoms with Crippen molar-refractivity contribution in [1.82, 2.24) is 14.2 Å². The van der Waals surface area contributed by atoms with Crippen molar-refractivity contribution in [3.05, 3.63) is 59.8 Å². The molecular formula is C23H29N3O7S2. The molecule has 2 saturated heterocycles. The summed E-state index contributed by atoms with van der Waals surface area (Å²) in [6.45, 7) is 2.12. The molecule has 1 aromatic carbocycles. The van der Waals surface area contributed by atoms with Crippen molar-refractivity contribution in [2.45, 2.75) is 23.1 Å². The topological polar surface area (TPSA) is 123 Å². The lowest BCUT2D eigenvalue weighted by molar-refractivity contribution is -0.141. The van der Waals surface area contributed by atoms with E-state index in [2.05, 4.69) is 9.17 Å². The zero-order valence-corrected chi connectivity index (χ0v) is 21.1. The molecule has 4 rings (SSSR count). The van der Waals surface area contributed by atoms with Crippen LogP contribution in [0.2, 0.25) is 0 Å². The first-order valence-electron chi connectivity index (χ1n) is 11.3. The van der Waals surface area contributed by atoms with Crippen molar-refractivity contribution < 1.29 is 30.6 Å². The summed E-state index contributed by atoms with van der Waals surface area (Å²) in [4.78, 5) is 19.1. The Hall–Kier alpha value is -2.38. The van der Waals surface area contributed by atoms with Crippen LogP contribution in [0.5, 0.6) is 0 Å². The number of hydrogen-bond acceptors (Lipinski definition) is 8. The number of morpholine rings is 1. The molecule has 2 fully saturated rings. The van der Waals surface area contributed by atoms with Gasteiger partial charge >= 0.3 is 0 Å². The van der Waals surface area contributed by atoms with E-state index in [-0.39, 0.29) is 35.5 Å². The lowest BCUT2D eigenvalue weighted by Crippen LogP contribution is -2.51. The fourth-order valence-corrected chi connectivity index (χ4v) is 6.74. The maximum Gasteiger partial charge on any atom is 0.271 e. The fraction of sp³-hybridized carbons (Fsp3) is 0.478. The van der Waals surface area contributed by atoms with Crippen LogP contribution in [-0.2, 0) is 39.6 Å². The number of amides is 1. The molecule has 12 heteroatoms. The third-order valence-corrected chi connectivity index (χ3v) is 9.29. The molecule has 0 bridgehead atoms. The first-order valence-corrected chi connectivity index (χ1v) is 14.4. The van der Waals surface area contributed by atoms with Gasteiger partial charge in [0.25, 0.3) is 20.1 Å². The van der Waals surface area contributed by atoms with E-state index in [9.17, 15) is 21.6 Å². The molecule has 190 valence electrons. The van der Waals surface area contributed by atoms with E-state index in [1.165, 1.54) is 22.6 Å². The number of carbonyl (C=O) groups is 1. The Morgan fingerprint density at radius 1 is 1.09 bits per heavy atom. The van der Waals surface area contributed by atoms with Crippen molar-refractivity contribution in [3.8, 4) is 0 Å². The van der Waals surface area contributed by atoms with E-state index in [4.69, 9.17) is 4.74 Å². The number of benzene rings is 1. The van der Waals surface area contributed by atoms with Crippen LogP contribution in [0, 0.1) is 5.92 Å². The summed E-state index contributed by atoms with van der Waals surface area (Å²) in [5, 5.41) is -0.257. The highest BCUT2D eigenvalue weighted by Crippen LogP contribution is 2.34. The molecule has 2 unspecified atom stereocenters. The normalized spacial score (nSPS) is 22.1. The number of rotatable bonds is 7. The van der Waals surface area contributed by atoms with Crippen molar-refractivity contribution in [2.24, 2.45) is 5.92 Å². The maximum atomic E-state index is 13.6. The SMILES string of the molecule is COS(=O)(=O)Cc1ccnc(S(=O)(=O)N2CC(C(=O)N3CCOCC3)CC(c3ccccc3)C2)c1. The van der Waals surface area contributed by atoms with Gasteiger partial charge in [0, 0.05) is 32.4 Å². The average molecular weight is 524 g/mol. The molecule has 0 saturated carbocycles. The quantitative estimate of drug-likeness (QED) is 0.496. The minimum Gasteiger partial charge on any atom is -0.378 e. The summed E-state index contributed by atoms with van der Waals surface area (Å²) in [7, 11) is -6.87. The Labute approximate surface area is 206 Å². The van der Waals surface area contributed by atoms with Gasteiger partial charge in [0.05, 0.1) is 26.2 Å². The number of sulfonamides is 1. The van der Waals surface area contributed by atoms with Crippen molar-refractivity contribution in [2.75, 3.05) is 46.5 Å². The number of piperidine rings is 1. The highest BCUT2D eigenvalue weighted by Gasteiger charge is 2.40. The van der Waals surface area contributed by atoms with Gasteiger partial charge in [0.15, 0.2) is 5.03 Å². The van der Waals surface area contributed by atoms with Crippen LogP contribution in [0.15, 0.2) is 53.7 Å². The number of carbonyl (C=O) groups excluding carboxylic acids is 1. The summed E-state index contributed by atoms with van der Waals surface area (Å²) in [5.41, 5.74) is 1.21. The van der Waals surface area contributed by atoms with Crippen LogP contribution in [0.3, 0.4) is 0 Å². The number of nitrogens with zero attached hydrogens (tertiary/aromatic N) is 3. The van der Waals surface area contributed by atoms with E-state index in [0.29, 0.717) is 32.7 Å². The van der Waals surface area contributed by atoms with Crippen molar-refractivity contribution in [1.29, 1.82) is 0 Å². The van der Waals surface area contributed by atoms with Gasteiger partial charge in [-0.3, -0.25) is 8.98 Å². The van der Waals surface area contributed by atoms with Crippen LogP contribution < -0.4 is 0 Å². The van der Waals surface area contributed by atoms with Crippen LogP contribution in [-0.4, -0.2) is 83.4 Å². The van der Waals surface area contributed by atoms with Crippen molar-refractivity contribution in [3.63, 3.8) is 0 Å². The second-order valence-corrected chi connectivity index (χ2v) is 12.3. The van der Waals surface area contributed by atoms with E-state index < -0.39 is 31.8 Å². The first-order chi connectivity index (χ1) is 16.7. The van der Waals surface area contributed by atoms with Crippen LogP contribution in [0.4, 0.5) is 0 Å². The second-order valence-electron chi connectivity index (χ2n) is 8.67. The molecule has 1 amide bonds. The Morgan fingerprint density at radius 2 is 1.80 bits per heavy atom. The molecule has 1 aromatic heterocycles. The molecule has 2 atom stereocenters. The van der Waals surface area contributed by atoms with Gasteiger partial charge in [0.1, 0.15) is 5.75 Å². The highest BCUT2D eigenvalue weighted by atomic mass is 32.2. The predicted octanol–water partition coefficient (Wildman–Crippen LogP) is 1.21. The molecule has 2 aliphatic rings. The summed E-state index contributed by atoms with van der Waals surface area (Å²) in [6.07, 6.45) is 1.80. The van der Waals surface area contributed by atoms with Gasteiger partial charge in [-0.2, -0.15) is 12.7 Å².